The van der Waals surface area contributed by atoms with E-state index in [1.54, 1.807) is 66.2 Å². The first-order valence-corrected chi connectivity index (χ1v) is 13.1. The fourth-order valence-corrected chi connectivity index (χ4v) is 5.11. The van der Waals surface area contributed by atoms with Gasteiger partial charge in [-0.2, -0.15) is 0 Å². The quantitative estimate of drug-likeness (QED) is 0.288. The molecule has 5 rings (SSSR count). The van der Waals surface area contributed by atoms with Gasteiger partial charge in [0.1, 0.15) is 39.9 Å². The summed E-state index contributed by atoms with van der Waals surface area (Å²) in [6, 6.07) is 14.0. The first-order valence-electron chi connectivity index (χ1n) is 11.6. The van der Waals surface area contributed by atoms with E-state index in [0.717, 1.165) is 0 Å². The van der Waals surface area contributed by atoms with Gasteiger partial charge in [-0.3, -0.25) is 9.29 Å². The zero-order valence-electron chi connectivity index (χ0n) is 21.1. The van der Waals surface area contributed by atoms with Crippen LogP contribution in [0.5, 0.6) is 11.5 Å². The van der Waals surface area contributed by atoms with Crippen molar-refractivity contribution >= 4 is 21.6 Å². The summed E-state index contributed by atoms with van der Waals surface area (Å²) in [6.45, 7) is 3.16. The molecule has 2 N–H and O–H groups in total. The maximum atomic E-state index is 13.5. The second-order valence-electron chi connectivity index (χ2n) is 8.53. The third kappa shape index (κ3) is 4.46. The van der Waals surface area contributed by atoms with Crippen molar-refractivity contribution < 1.29 is 27.4 Å². The molecule has 5 aromatic rings. The summed E-state index contributed by atoms with van der Waals surface area (Å²) >= 11 is 0. The molecule has 0 bridgehead atoms. The minimum atomic E-state index is -4.22. The summed E-state index contributed by atoms with van der Waals surface area (Å²) < 4.78 is 49.5. The van der Waals surface area contributed by atoms with E-state index in [4.69, 9.17) is 13.9 Å². The third-order valence-corrected chi connectivity index (χ3v) is 7.81. The second-order valence-corrected chi connectivity index (χ2v) is 10.6. The zero-order chi connectivity index (χ0) is 27.0. The molecular formula is C25H26N6O6S. The Morgan fingerprint density at radius 2 is 1.76 bits per heavy atom. The molecule has 0 saturated carbocycles. The summed E-state index contributed by atoms with van der Waals surface area (Å²) in [5.41, 5.74) is 1.16. The van der Waals surface area contributed by atoms with Gasteiger partial charge in [-0.05, 0) is 50.2 Å². The average molecular weight is 539 g/mol. The molecule has 0 saturated heterocycles. The number of ether oxygens (including phenoxy) is 2. The van der Waals surface area contributed by atoms with Gasteiger partial charge in [0.2, 0.25) is 21.8 Å². The van der Waals surface area contributed by atoms with Crippen LogP contribution in [0.25, 0.3) is 22.9 Å². The summed E-state index contributed by atoms with van der Waals surface area (Å²) in [4.78, 5) is 4.35. The van der Waals surface area contributed by atoms with Crippen molar-refractivity contribution in [1.82, 2.24) is 24.1 Å². The van der Waals surface area contributed by atoms with Crippen molar-refractivity contribution in [1.29, 1.82) is 0 Å². The molecule has 0 spiro atoms. The summed E-state index contributed by atoms with van der Waals surface area (Å²) in [5.74, 6) is 1.82. The van der Waals surface area contributed by atoms with E-state index in [-0.39, 0.29) is 17.5 Å². The number of fused-ring (bicyclic) bond motifs is 1. The number of aliphatic hydroxyl groups excluding tert-OH is 1. The number of nitrogens with one attached hydrogen (secondary N) is 1. The minimum absolute atomic E-state index is 0.147. The Kier molecular flexibility index (Phi) is 6.55. The van der Waals surface area contributed by atoms with Crippen molar-refractivity contribution in [3.63, 3.8) is 0 Å². The van der Waals surface area contributed by atoms with E-state index in [0.29, 0.717) is 34.4 Å². The fraction of sp³-hybridized carbons (Fsp3) is 0.240. The molecule has 198 valence electrons. The SMILES string of the molecule is COc1cccc(OC)c1-n1c(NS(=O)(=O)[C@H](C)[C@H](O)c2cn3ccccc3n2)nnc1-c1ccc(C)o1. The number of aromatic nitrogens is 5. The van der Waals surface area contributed by atoms with Crippen LogP contribution in [0.1, 0.15) is 24.5 Å². The van der Waals surface area contributed by atoms with E-state index >= 15 is 0 Å². The van der Waals surface area contributed by atoms with E-state index in [2.05, 4.69) is 19.9 Å². The lowest BCUT2D eigenvalue weighted by Gasteiger charge is -2.20. The Balaban J connectivity index is 1.58. The Bertz CT molecular complexity index is 1650. The van der Waals surface area contributed by atoms with Crippen molar-refractivity contribution in [2.24, 2.45) is 0 Å². The molecule has 0 radical (unpaired) electrons. The Hall–Kier alpha value is -4.36. The molecule has 0 aliphatic rings. The predicted molar refractivity (Wildman–Crippen MR) is 139 cm³/mol. The van der Waals surface area contributed by atoms with Gasteiger partial charge in [-0.25, -0.2) is 13.4 Å². The van der Waals surface area contributed by atoms with Gasteiger partial charge in [-0.1, -0.05) is 12.1 Å². The van der Waals surface area contributed by atoms with Gasteiger partial charge >= 0.3 is 0 Å². The van der Waals surface area contributed by atoms with Crippen LogP contribution in [-0.2, 0) is 10.0 Å². The lowest BCUT2D eigenvalue weighted by molar-refractivity contribution is 0.172. The molecule has 2 atom stereocenters. The normalized spacial score (nSPS) is 13.4. The molecule has 0 amide bonds. The number of anilines is 1. The van der Waals surface area contributed by atoms with E-state index in [1.807, 2.05) is 6.07 Å². The number of pyridine rings is 1. The highest BCUT2D eigenvalue weighted by molar-refractivity contribution is 7.93. The number of aliphatic hydroxyl groups is 1. The number of benzene rings is 1. The first kappa shape index (κ1) is 25.3. The Morgan fingerprint density at radius 3 is 2.39 bits per heavy atom. The van der Waals surface area contributed by atoms with Gasteiger partial charge in [0, 0.05) is 12.4 Å². The van der Waals surface area contributed by atoms with Crippen LogP contribution >= 0.6 is 0 Å². The van der Waals surface area contributed by atoms with E-state index < -0.39 is 21.4 Å². The van der Waals surface area contributed by atoms with Crippen LogP contribution in [-0.4, -0.2) is 57.1 Å². The average Bonchev–Trinajstić information content (AvgIpc) is 3.65. The van der Waals surface area contributed by atoms with Crippen molar-refractivity contribution in [2.75, 3.05) is 18.9 Å². The van der Waals surface area contributed by atoms with Gasteiger partial charge in [0.25, 0.3) is 0 Å². The molecule has 4 heterocycles. The number of aryl methyl sites for hydroxylation is 1. The number of imidazole rings is 1. The highest BCUT2D eigenvalue weighted by atomic mass is 32.2. The zero-order valence-corrected chi connectivity index (χ0v) is 21.9. The van der Waals surface area contributed by atoms with Crippen LogP contribution in [0, 0.1) is 6.92 Å². The van der Waals surface area contributed by atoms with Crippen molar-refractivity contribution in [3.8, 4) is 28.8 Å². The number of sulfonamides is 1. The van der Waals surface area contributed by atoms with Gasteiger partial charge in [0.05, 0.1) is 19.9 Å². The first-order chi connectivity index (χ1) is 18.2. The molecule has 38 heavy (non-hydrogen) atoms. The molecule has 12 nitrogen and oxygen atoms in total. The molecule has 0 aliphatic carbocycles. The minimum Gasteiger partial charge on any atom is -0.494 e. The fourth-order valence-electron chi connectivity index (χ4n) is 4.06. The predicted octanol–water partition coefficient (Wildman–Crippen LogP) is 3.36. The van der Waals surface area contributed by atoms with Crippen LogP contribution in [0.3, 0.4) is 0 Å². The van der Waals surface area contributed by atoms with Gasteiger partial charge in [0.15, 0.2) is 5.76 Å². The number of rotatable bonds is 9. The van der Waals surface area contributed by atoms with Crippen molar-refractivity contribution in [3.05, 3.63) is 72.4 Å². The van der Waals surface area contributed by atoms with E-state index in [1.165, 1.54) is 25.7 Å². The van der Waals surface area contributed by atoms with E-state index in [9.17, 15) is 13.5 Å². The second kappa shape index (κ2) is 9.84. The monoisotopic (exact) mass is 538 g/mol. The number of nitrogens with zero attached hydrogens (tertiary/aromatic N) is 5. The summed E-state index contributed by atoms with van der Waals surface area (Å²) in [7, 11) is -1.25. The Labute approximate surface area is 218 Å². The smallest absolute Gasteiger partial charge is 0.243 e. The van der Waals surface area contributed by atoms with Gasteiger partial charge < -0.3 is 23.4 Å². The number of methoxy groups -OCH3 is 2. The number of furan rings is 1. The molecular weight excluding hydrogens is 512 g/mol. The van der Waals surface area contributed by atoms with Crippen molar-refractivity contribution in [2.45, 2.75) is 25.2 Å². The maximum absolute atomic E-state index is 13.5. The van der Waals surface area contributed by atoms with Gasteiger partial charge in [-0.15, -0.1) is 10.2 Å². The molecule has 13 heteroatoms. The summed E-state index contributed by atoms with van der Waals surface area (Å²) in [5, 5.41) is 18.0. The maximum Gasteiger partial charge on any atom is 0.243 e. The molecule has 4 aromatic heterocycles. The van der Waals surface area contributed by atoms with Crippen LogP contribution < -0.4 is 14.2 Å². The highest BCUT2D eigenvalue weighted by Crippen LogP contribution is 2.38. The standard InChI is InChI=1S/C25H26N6O6S/c1-15-11-12-20(37-15)24-27-28-25(31(24)22-18(35-3)8-7-9-19(22)36-4)29-38(33,34)16(2)23(32)17-14-30-13-6-5-10-21(30)26-17/h5-14,16,23,32H,1-4H3,(H,28,29)/t16-,23+/m1/s1. The largest absolute Gasteiger partial charge is 0.494 e. The topological polar surface area (TPSA) is 146 Å². The molecule has 0 fully saturated rings. The highest BCUT2D eigenvalue weighted by Gasteiger charge is 2.34. The lowest BCUT2D eigenvalue weighted by Crippen LogP contribution is -2.32. The van der Waals surface area contributed by atoms with Crippen LogP contribution in [0.4, 0.5) is 5.95 Å². The number of hydrogen-bond acceptors (Lipinski definition) is 9. The molecule has 0 unspecified atom stereocenters. The third-order valence-electron chi connectivity index (χ3n) is 6.10. The Morgan fingerprint density at radius 1 is 1.03 bits per heavy atom. The molecule has 1 aromatic carbocycles. The number of para-hydroxylation sites is 1. The molecule has 0 aliphatic heterocycles. The van der Waals surface area contributed by atoms with Crippen LogP contribution in [0.2, 0.25) is 0 Å². The van der Waals surface area contributed by atoms with Crippen LogP contribution in [0.15, 0.2) is 65.3 Å². The lowest BCUT2D eigenvalue weighted by atomic mass is 10.2. The number of hydrogen-bond donors (Lipinski definition) is 2. The summed E-state index contributed by atoms with van der Waals surface area (Å²) in [6.07, 6.45) is 1.93.